The number of carbonyl (C=O) groups excluding carboxylic acids is 2. The Balaban J connectivity index is 2.14. The number of nitrogens with zero attached hydrogens (tertiary/aromatic N) is 2. The summed E-state index contributed by atoms with van der Waals surface area (Å²) in [5, 5.41) is 2.35. The Morgan fingerprint density at radius 2 is 1.73 bits per heavy atom. The van der Waals surface area contributed by atoms with Crippen molar-refractivity contribution in [3.63, 3.8) is 0 Å². The lowest BCUT2D eigenvalue weighted by atomic mass is 9.97. The third-order valence-corrected chi connectivity index (χ3v) is 4.76. The molecule has 13 heteroatoms. The number of nitrogens with one attached hydrogen (secondary N) is 1. The number of anilines is 2. The van der Waals surface area contributed by atoms with Crippen LogP contribution >= 0.6 is 0 Å². The van der Waals surface area contributed by atoms with Gasteiger partial charge in [-0.15, -0.1) is 0 Å². The molecule has 1 heterocycles. The molecule has 2 aromatic rings. The first-order valence-corrected chi connectivity index (χ1v) is 9.41. The van der Waals surface area contributed by atoms with Gasteiger partial charge in [0.15, 0.2) is 0 Å². The summed E-state index contributed by atoms with van der Waals surface area (Å²) in [6.45, 7) is 1.000. The maximum atomic E-state index is 13.8. The van der Waals surface area contributed by atoms with Gasteiger partial charge in [-0.25, -0.2) is 14.0 Å². The molecule has 1 fully saturated rings. The van der Waals surface area contributed by atoms with Gasteiger partial charge < -0.3 is 10.2 Å². The van der Waals surface area contributed by atoms with Crippen LogP contribution in [0.4, 0.5) is 46.9 Å². The zero-order chi connectivity index (χ0) is 24.6. The average molecular weight is 479 g/mol. The monoisotopic (exact) mass is 479 g/mol. The van der Waals surface area contributed by atoms with E-state index >= 15 is 0 Å². The third-order valence-electron chi connectivity index (χ3n) is 4.76. The number of benzene rings is 2. The predicted molar refractivity (Wildman–Crippen MR) is 102 cm³/mol. The van der Waals surface area contributed by atoms with Crippen molar-refractivity contribution in [3.8, 4) is 0 Å². The highest BCUT2D eigenvalue weighted by molar-refractivity contribution is 5.98. The normalized spacial score (nSPS) is 14.4. The van der Waals surface area contributed by atoms with Crippen molar-refractivity contribution >= 4 is 23.3 Å². The van der Waals surface area contributed by atoms with Crippen LogP contribution in [0, 0.1) is 5.82 Å². The summed E-state index contributed by atoms with van der Waals surface area (Å²) in [4.78, 5) is 30.8. The first-order valence-electron chi connectivity index (χ1n) is 9.41. The summed E-state index contributed by atoms with van der Waals surface area (Å²) in [5.74, 6) is -1.53. The van der Waals surface area contributed by atoms with Gasteiger partial charge in [0, 0.05) is 17.8 Å². The Morgan fingerprint density at radius 3 is 2.21 bits per heavy atom. The van der Waals surface area contributed by atoms with E-state index in [1.807, 2.05) is 0 Å². The van der Waals surface area contributed by atoms with Crippen LogP contribution in [0.15, 0.2) is 36.4 Å². The van der Waals surface area contributed by atoms with E-state index in [4.69, 9.17) is 4.84 Å². The van der Waals surface area contributed by atoms with Crippen molar-refractivity contribution in [2.75, 3.05) is 23.2 Å². The molecule has 0 bridgehead atoms. The van der Waals surface area contributed by atoms with E-state index in [9.17, 15) is 40.3 Å². The fourth-order valence-electron chi connectivity index (χ4n) is 3.28. The predicted octanol–water partition coefficient (Wildman–Crippen LogP) is 4.88. The molecule has 178 valence electrons. The van der Waals surface area contributed by atoms with Gasteiger partial charge in [0.2, 0.25) is 5.91 Å². The molecule has 1 aliphatic heterocycles. The third kappa shape index (κ3) is 5.18. The first kappa shape index (κ1) is 24.3. The minimum atomic E-state index is -5.28. The van der Waals surface area contributed by atoms with Crippen LogP contribution in [-0.4, -0.2) is 25.2 Å². The number of amides is 3. The molecule has 3 rings (SSSR count). The number of urea groups is 1. The molecule has 0 saturated carbocycles. The van der Waals surface area contributed by atoms with Crippen molar-refractivity contribution in [2.45, 2.75) is 25.7 Å². The van der Waals surface area contributed by atoms with E-state index in [1.165, 1.54) is 19.1 Å². The van der Waals surface area contributed by atoms with Crippen molar-refractivity contribution < 1.29 is 45.2 Å². The van der Waals surface area contributed by atoms with E-state index in [1.54, 1.807) is 0 Å². The highest BCUT2D eigenvalue weighted by Crippen LogP contribution is 2.42. The van der Waals surface area contributed by atoms with E-state index < -0.39 is 65.6 Å². The smallest absolute Gasteiger partial charge is 0.312 e. The van der Waals surface area contributed by atoms with Gasteiger partial charge in [0.25, 0.3) is 0 Å². The molecular weight excluding hydrogens is 463 g/mol. The maximum absolute atomic E-state index is 13.8. The zero-order valence-electron chi connectivity index (χ0n) is 16.9. The fraction of sp³-hybridized carbons (Fsp3) is 0.300. The molecule has 0 spiro atoms. The van der Waals surface area contributed by atoms with Crippen LogP contribution in [0.3, 0.4) is 0 Å². The second-order valence-corrected chi connectivity index (χ2v) is 6.86. The molecule has 1 N–H and O–H groups in total. The second kappa shape index (κ2) is 8.89. The zero-order valence-corrected chi connectivity index (χ0v) is 16.9. The average Bonchev–Trinajstić information content (AvgIpc) is 3.14. The molecule has 0 radical (unpaired) electrons. The molecule has 0 aliphatic carbocycles. The van der Waals surface area contributed by atoms with Gasteiger partial charge in [0.1, 0.15) is 12.5 Å². The topological polar surface area (TPSA) is 61.9 Å². The van der Waals surface area contributed by atoms with Crippen LogP contribution in [0.5, 0.6) is 0 Å². The number of carbonyl (C=O) groups is 2. The first-order chi connectivity index (χ1) is 15.3. The van der Waals surface area contributed by atoms with Gasteiger partial charge in [-0.3, -0.25) is 4.79 Å². The van der Waals surface area contributed by atoms with Crippen LogP contribution in [-0.2, 0) is 28.4 Å². The van der Waals surface area contributed by atoms with E-state index in [0.717, 1.165) is 17.0 Å². The Morgan fingerprint density at radius 1 is 1.09 bits per heavy atom. The van der Waals surface area contributed by atoms with Crippen molar-refractivity contribution in [1.29, 1.82) is 0 Å². The molecule has 2 aromatic carbocycles. The summed E-state index contributed by atoms with van der Waals surface area (Å²) in [6, 6.07) is 3.64. The quantitative estimate of drug-likeness (QED) is 0.623. The van der Waals surface area contributed by atoms with Crippen LogP contribution < -0.4 is 15.3 Å². The Kier molecular flexibility index (Phi) is 6.54. The SMILES string of the molecule is CCN(C(=O)Cc1c(N2OCNC2=O)cc(C(F)(F)F)cc1C(F)(F)F)c1ccc(F)cc1. The highest BCUT2D eigenvalue weighted by Gasteiger charge is 2.42. The van der Waals surface area contributed by atoms with Crippen LogP contribution in [0.2, 0.25) is 0 Å². The highest BCUT2D eigenvalue weighted by atomic mass is 19.4. The molecular formula is C20H16F7N3O3. The van der Waals surface area contributed by atoms with E-state index in [-0.39, 0.29) is 23.4 Å². The summed E-state index contributed by atoms with van der Waals surface area (Å²) in [6.07, 6.45) is -11.5. The van der Waals surface area contributed by atoms with Crippen molar-refractivity contribution in [1.82, 2.24) is 5.32 Å². The van der Waals surface area contributed by atoms with Crippen LogP contribution in [0.25, 0.3) is 0 Å². The number of likely N-dealkylation sites (N-methyl/N-ethyl adjacent to an activating group) is 1. The molecule has 3 amide bonds. The second-order valence-electron chi connectivity index (χ2n) is 6.86. The number of hydroxylamine groups is 1. The van der Waals surface area contributed by atoms with Gasteiger partial charge >= 0.3 is 18.4 Å². The standard InChI is InChI=1S/C20H16F7N3O3/c1-2-29(13-5-3-12(21)4-6-13)17(31)9-14-15(20(25,26)27)7-11(19(22,23)24)8-16(14)30-18(32)28-10-33-30/h3-8H,2,9-10H2,1H3,(H,28,32). The largest absolute Gasteiger partial charge is 0.416 e. The molecule has 33 heavy (non-hydrogen) atoms. The number of rotatable bonds is 5. The molecule has 1 aliphatic rings. The Bertz CT molecular complexity index is 1050. The van der Waals surface area contributed by atoms with Gasteiger partial charge in [0.05, 0.1) is 23.2 Å². The summed E-state index contributed by atoms with van der Waals surface area (Å²) in [5.41, 5.74) is -4.98. The van der Waals surface area contributed by atoms with Crippen LogP contribution in [0.1, 0.15) is 23.6 Å². The van der Waals surface area contributed by atoms with Gasteiger partial charge in [-0.1, -0.05) is 0 Å². The van der Waals surface area contributed by atoms with E-state index in [2.05, 4.69) is 5.32 Å². The Hall–Kier alpha value is -3.35. The summed E-state index contributed by atoms with van der Waals surface area (Å²) < 4.78 is 94.5. The number of halogens is 7. The van der Waals surface area contributed by atoms with Crippen molar-refractivity contribution in [3.05, 3.63) is 58.9 Å². The number of hydrogen-bond acceptors (Lipinski definition) is 3. The lowest BCUT2D eigenvalue weighted by Gasteiger charge is -2.26. The lowest BCUT2D eigenvalue weighted by molar-refractivity contribution is -0.143. The minimum Gasteiger partial charge on any atom is -0.312 e. The van der Waals surface area contributed by atoms with E-state index in [0.29, 0.717) is 6.07 Å². The fourth-order valence-corrected chi connectivity index (χ4v) is 3.28. The lowest BCUT2D eigenvalue weighted by Crippen LogP contribution is -2.34. The minimum absolute atomic E-state index is 0.0253. The summed E-state index contributed by atoms with van der Waals surface area (Å²) in [7, 11) is 0. The molecule has 0 atom stereocenters. The van der Waals surface area contributed by atoms with Crippen molar-refractivity contribution in [2.24, 2.45) is 0 Å². The number of alkyl halides is 6. The molecule has 0 unspecified atom stereocenters. The molecule has 0 aromatic heterocycles. The number of hydrogen-bond donors (Lipinski definition) is 1. The summed E-state index contributed by atoms with van der Waals surface area (Å²) >= 11 is 0. The molecule has 1 saturated heterocycles. The molecule has 6 nitrogen and oxygen atoms in total. The van der Waals surface area contributed by atoms with Gasteiger partial charge in [-0.05, 0) is 43.3 Å². The Labute approximate surface area is 182 Å². The van der Waals surface area contributed by atoms with Gasteiger partial charge in [-0.2, -0.15) is 31.4 Å². The maximum Gasteiger partial charge on any atom is 0.416 e.